The maximum atomic E-state index is 5.58. The summed E-state index contributed by atoms with van der Waals surface area (Å²) in [4.78, 5) is 4.29. The molecule has 1 aliphatic carbocycles. The molecule has 0 unspecified atom stereocenters. The van der Waals surface area contributed by atoms with E-state index in [1.54, 1.807) is 0 Å². The molecule has 5 nitrogen and oxygen atoms in total. The van der Waals surface area contributed by atoms with Gasteiger partial charge in [-0.05, 0) is 38.8 Å². The smallest absolute Gasteiger partial charge is 0.260 e. The monoisotopic (exact) mass is 273 g/mol. The molecule has 1 aromatic carbocycles. The van der Waals surface area contributed by atoms with Crippen molar-refractivity contribution >= 4 is 5.69 Å². The number of aryl methyl sites for hydroxylation is 1. The highest BCUT2D eigenvalue weighted by Gasteiger charge is 2.30. The standard InChI is InChI=1S/C15H19N3O2/c1-3-19-12-8-11(9-12)17-14-7-5-4-6-13(14)15-16-10(2)18-20-15/h4-7,11-12,17H,3,8-9H2,1-2H3. The molecule has 0 spiro atoms. The van der Waals surface area contributed by atoms with Crippen molar-refractivity contribution in [3.63, 3.8) is 0 Å². The zero-order valence-corrected chi connectivity index (χ0v) is 11.8. The van der Waals surface area contributed by atoms with E-state index >= 15 is 0 Å². The molecule has 3 rings (SSSR count). The zero-order chi connectivity index (χ0) is 13.9. The average molecular weight is 273 g/mol. The van der Waals surface area contributed by atoms with Crippen LogP contribution in [0.5, 0.6) is 0 Å². The maximum absolute atomic E-state index is 5.58. The fourth-order valence-electron chi connectivity index (χ4n) is 2.48. The van der Waals surface area contributed by atoms with Gasteiger partial charge in [0, 0.05) is 18.3 Å². The van der Waals surface area contributed by atoms with E-state index in [4.69, 9.17) is 9.26 Å². The molecule has 1 fully saturated rings. The van der Waals surface area contributed by atoms with Gasteiger partial charge in [0.25, 0.3) is 5.89 Å². The lowest BCUT2D eigenvalue weighted by Gasteiger charge is -2.36. The number of rotatable bonds is 5. The van der Waals surface area contributed by atoms with Crippen molar-refractivity contribution < 1.29 is 9.26 Å². The van der Waals surface area contributed by atoms with Crippen LogP contribution in [0.15, 0.2) is 28.8 Å². The zero-order valence-electron chi connectivity index (χ0n) is 11.8. The second-order valence-electron chi connectivity index (χ2n) is 5.08. The Labute approximate surface area is 118 Å². The Kier molecular flexibility index (Phi) is 3.69. The number of anilines is 1. The Morgan fingerprint density at radius 1 is 1.35 bits per heavy atom. The number of nitrogens with zero attached hydrogens (tertiary/aromatic N) is 2. The maximum Gasteiger partial charge on any atom is 0.260 e. The van der Waals surface area contributed by atoms with E-state index in [0.717, 1.165) is 30.7 Å². The minimum absolute atomic E-state index is 0.398. The summed E-state index contributed by atoms with van der Waals surface area (Å²) in [6.45, 7) is 4.64. The Hall–Kier alpha value is -1.88. The van der Waals surface area contributed by atoms with Crippen LogP contribution in [0, 0.1) is 6.92 Å². The molecule has 0 atom stereocenters. The Morgan fingerprint density at radius 3 is 2.85 bits per heavy atom. The van der Waals surface area contributed by atoms with E-state index < -0.39 is 0 Å². The summed E-state index contributed by atoms with van der Waals surface area (Å²) >= 11 is 0. The lowest BCUT2D eigenvalue weighted by atomic mass is 9.89. The average Bonchev–Trinajstić information content (AvgIpc) is 2.83. The lowest BCUT2D eigenvalue weighted by molar-refractivity contribution is 0.00300. The quantitative estimate of drug-likeness (QED) is 0.907. The summed E-state index contributed by atoms with van der Waals surface area (Å²) in [7, 11) is 0. The topological polar surface area (TPSA) is 60.2 Å². The van der Waals surface area contributed by atoms with E-state index in [1.165, 1.54) is 0 Å². The fraction of sp³-hybridized carbons (Fsp3) is 0.467. The van der Waals surface area contributed by atoms with Crippen LogP contribution in [0.4, 0.5) is 5.69 Å². The molecule has 1 heterocycles. The van der Waals surface area contributed by atoms with Gasteiger partial charge in [0.2, 0.25) is 0 Å². The predicted molar refractivity (Wildman–Crippen MR) is 76.5 cm³/mol. The molecule has 0 saturated heterocycles. The molecule has 0 amide bonds. The number of ether oxygens (including phenoxy) is 1. The Balaban J connectivity index is 1.71. The minimum Gasteiger partial charge on any atom is -0.381 e. The summed E-state index contributed by atoms with van der Waals surface area (Å²) in [5.41, 5.74) is 1.99. The van der Waals surface area contributed by atoms with Gasteiger partial charge in [0.1, 0.15) is 0 Å². The van der Waals surface area contributed by atoms with Gasteiger partial charge in [-0.3, -0.25) is 0 Å². The van der Waals surface area contributed by atoms with Crippen LogP contribution in [0.25, 0.3) is 11.5 Å². The minimum atomic E-state index is 0.398. The van der Waals surface area contributed by atoms with E-state index in [2.05, 4.69) is 15.5 Å². The van der Waals surface area contributed by atoms with Crippen LogP contribution in [-0.4, -0.2) is 28.9 Å². The largest absolute Gasteiger partial charge is 0.381 e. The van der Waals surface area contributed by atoms with Crippen LogP contribution in [-0.2, 0) is 4.74 Å². The molecule has 0 aliphatic heterocycles. The molecule has 1 N–H and O–H groups in total. The van der Waals surface area contributed by atoms with E-state index in [9.17, 15) is 0 Å². The van der Waals surface area contributed by atoms with Crippen molar-refractivity contribution in [1.82, 2.24) is 10.1 Å². The third-order valence-electron chi connectivity index (χ3n) is 3.54. The van der Waals surface area contributed by atoms with Gasteiger partial charge >= 0.3 is 0 Å². The van der Waals surface area contributed by atoms with Crippen molar-refractivity contribution in [2.75, 3.05) is 11.9 Å². The summed E-state index contributed by atoms with van der Waals surface area (Å²) in [6.07, 6.45) is 2.49. The van der Waals surface area contributed by atoms with Crippen molar-refractivity contribution in [3.8, 4) is 11.5 Å². The molecule has 5 heteroatoms. The molecule has 1 aliphatic rings. The second-order valence-corrected chi connectivity index (χ2v) is 5.08. The van der Waals surface area contributed by atoms with Crippen molar-refractivity contribution in [1.29, 1.82) is 0 Å². The number of hydrogen-bond acceptors (Lipinski definition) is 5. The molecule has 0 radical (unpaired) electrons. The van der Waals surface area contributed by atoms with Gasteiger partial charge in [-0.2, -0.15) is 4.98 Å². The number of para-hydroxylation sites is 1. The summed E-state index contributed by atoms with van der Waals surface area (Å²) in [5, 5.41) is 7.39. The number of nitrogens with one attached hydrogen (secondary N) is 1. The van der Waals surface area contributed by atoms with Crippen LogP contribution in [0.2, 0.25) is 0 Å². The highest BCUT2D eigenvalue weighted by atomic mass is 16.5. The molecule has 2 aromatic rings. The highest BCUT2D eigenvalue weighted by molar-refractivity contribution is 5.72. The third kappa shape index (κ3) is 2.67. The third-order valence-corrected chi connectivity index (χ3v) is 3.54. The lowest BCUT2D eigenvalue weighted by Crippen LogP contribution is -2.40. The molecule has 20 heavy (non-hydrogen) atoms. The van der Waals surface area contributed by atoms with E-state index in [1.807, 2.05) is 38.1 Å². The molecular weight excluding hydrogens is 254 g/mol. The molecule has 106 valence electrons. The molecule has 1 saturated carbocycles. The first-order chi connectivity index (χ1) is 9.76. The highest BCUT2D eigenvalue weighted by Crippen LogP contribution is 2.31. The van der Waals surface area contributed by atoms with Crippen LogP contribution >= 0.6 is 0 Å². The molecule has 1 aromatic heterocycles. The van der Waals surface area contributed by atoms with Crippen LogP contribution < -0.4 is 5.32 Å². The van der Waals surface area contributed by atoms with Gasteiger partial charge in [0.05, 0.1) is 11.7 Å². The first-order valence-electron chi connectivity index (χ1n) is 7.04. The Bertz CT molecular complexity index is 576. The van der Waals surface area contributed by atoms with Gasteiger partial charge in [-0.25, -0.2) is 0 Å². The summed E-state index contributed by atoms with van der Waals surface area (Å²) in [5.74, 6) is 1.21. The Morgan fingerprint density at radius 2 is 2.15 bits per heavy atom. The van der Waals surface area contributed by atoms with Crippen LogP contribution in [0.1, 0.15) is 25.6 Å². The van der Waals surface area contributed by atoms with Gasteiger partial charge in [0.15, 0.2) is 5.82 Å². The fourth-order valence-corrected chi connectivity index (χ4v) is 2.48. The first kappa shape index (κ1) is 13.1. The SMILES string of the molecule is CCOC1CC(Nc2ccccc2-c2nc(C)no2)C1. The van der Waals surface area contributed by atoms with Gasteiger partial charge in [-0.1, -0.05) is 17.3 Å². The van der Waals surface area contributed by atoms with Gasteiger partial charge in [-0.15, -0.1) is 0 Å². The normalized spacial score (nSPS) is 21.5. The van der Waals surface area contributed by atoms with E-state index in [-0.39, 0.29) is 0 Å². The number of aromatic nitrogens is 2. The van der Waals surface area contributed by atoms with Gasteiger partial charge < -0.3 is 14.6 Å². The van der Waals surface area contributed by atoms with Crippen molar-refractivity contribution in [3.05, 3.63) is 30.1 Å². The predicted octanol–water partition coefficient (Wildman–Crippen LogP) is 3.02. The van der Waals surface area contributed by atoms with Crippen molar-refractivity contribution in [2.45, 2.75) is 38.8 Å². The first-order valence-corrected chi connectivity index (χ1v) is 7.04. The van der Waals surface area contributed by atoms with Crippen LogP contribution in [0.3, 0.4) is 0 Å². The molecule has 0 bridgehead atoms. The second kappa shape index (κ2) is 5.63. The summed E-state index contributed by atoms with van der Waals surface area (Å²) in [6, 6.07) is 8.48. The number of benzene rings is 1. The number of hydrogen-bond donors (Lipinski definition) is 1. The van der Waals surface area contributed by atoms with E-state index in [0.29, 0.717) is 23.9 Å². The molecular formula is C15H19N3O2. The summed E-state index contributed by atoms with van der Waals surface area (Å²) < 4.78 is 10.8. The van der Waals surface area contributed by atoms with Crippen molar-refractivity contribution in [2.24, 2.45) is 0 Å².